The highest BCUT2D eigenvalue weighted by Crippen LogP contribution is 2.27. The second-order valence-electron chi connectivity index (χ2n) is 5.17. The standard InChI is InChI=1S/C13H21N5O/c1-19-7-6-16-13-15-5-3-12(17-13)18-8-10-2-4-14-11(10)9-18/h3,5,10-11,14H,2,4,6-9H2,1H3,(H,15,16,17)/t10-,11+/m1/s1. The summed E-state index contributed by atoms with van der Waals surface area (Å²) in [5, 5.41) is 6.73. The maximum absolute atomic E-state index is 5.01. The van der Waals surface area contributed by atoms with Crippen LogP contribution in [0.1, 0.15) is 6.42 Å². The first-order chi connectivity index (χ1) is 9.36. The maximum atomic E-state index is 5.01. The van der Waals surface area contributed by atoms with Crippen molar-refractivity contribution in [3.8, 4) is 0 Å². The zero-order chi connectivity index (χ0) is 13.1. The van der Waals surface area contributed by atoms with Gasteiger partial charge in [0.2, 0.25) is 5.95 Å². The van der Waals surface area contributed by atoms with E-state index < -0.39 is 0 Å². The van der Waals surface area contributed by atoms with Gasteiger partial charge in [-0.2, -0.15) is 4.98 Å². The molecule has 0 bridgehead atoms. The van der Waals surface area contributed by atoms with E-state index in [1.807, 2.05) is 12.3 Å². The molecule has 2 saturated heterocycles. The summed E-state index contributed by atoms with van der Waals surface area (Å²) in [6, 6.07) is 2.63. The van der Waals surface area contributed by atoms with Gasteiger partial charge in [-0.1, -0.05) is 0 Å². The molecule has 3 rings (SSSR count). The van der Waals surface area contributed by atoms with E-state index in [0.29, 0.717) is 18.6 Å². The van der Waals surface area contributed by atoms with Crippen molar-refractivity contribution in [1.29, 1.82) is 0 Å². The van der Waals surface area contributed by atoms with Gasteiger partial charge in [-0.25, -0.2) is 4.98 Å². The van der Waals surface area contributed by atoms with Crippen LogP contribution in [-0.2, 0) is 4.74 Å². The average Bonchev–Trinajstić information content (AvgIpc) is 3.00. The van der Waals surface area contributed by atoms with Gasteiger partial charge in [0.15, 0.2) is 0 Å². The minimum atomic E-state index is 0.639. The molecule has 3 heterocycles. The van der Waals surface area contributed by atoms with Gasteiger partial charge >= 0.3 is 0 Å². The molecule has 104 valence electrons. The minimum absolute atomic E-state index is 0.639. The van der Waals surface area contributed by atoms with Crippen molar-refractivity contribution in [2.24, 2.45) is 5.92 Å². The lowest BCUT2D eigenvalue weighted by Crippen LogP contribution is -2.30. The van der Waals surface area contributed by atoms with E-state index in [4.69, 9.17) is 4.74 Å². The van der Waals surface area contributed by atoms with Crippen molar-refractivity contribution in [2.75, 3.05) is 50.1 Å². The lowest BCUT2D eigenvalue weighted by molar-refractivity contribution is 0.210. The predicted octanol–water partition coefficient (Wildman–Crippen LogP) is 0.333. The number of aromatic nitrogens is 2. The van der Waals surface area contributed by atoms with Gasteiger partial charge in [-0.3, -0.25) is 0 Å². The first-order valence-electron chi connectivity index (χ1n) is 6.91. The SMILES string of the molecule is COCCNc1nccc(N2C[C@H]3CCN[C@H]3C2)n1. The molecule has 2 atom stereocenters. The highest BCUT2D eigenvalue weighted by atomic mass is 16.5. The molecule has 6 nitrogen and oxygen atoms in total. The predicted molar refractivity (Wildman–Crippen MR) is 74.5 cm³/mol. The van der Waals surface area contributed by atoms with Gasteiger partial charge in [0.1, 0.15) is 5.82 Å². The minimum Gasteiger partial charge on any atom is -0.383 e. The first-order valence-corrected chi connectivity index (χ1v) is 6.91. The molecule has 0 radical (unpaired) electrons. The Morgan fingerprint density at radius 3 is 3.32 bits per heavy atom. The van der Waals surface area contributed by atoms with Crippen LogP contribution in [0.3, 0.4) is 0 Å². The molecule has 1 aromatic heterocycles. The lowest BCUT2D eigenvalue weighted by Gasteiger charge is -2.18. The number of rotatable bonds is 5. The van der Waals surface area contributed by atoms with Gasteiger partial charge in [0.05, 0.1) is 6.61 Å². The molecule has 0 unspecified atom stereocenters. The third-order valence-corrected chi connectivity index (χ3v) is 3.92. The van der Waals surface area contributed by atoms with E-state index in [-0.39, 0.29) is 0 Å². The first kappa shape index (κ1) is 12.6. The Morgan fingerprint density at radius 2 is 2.47 bits per heavy atom. The molecule has 1 aromatic rings. The summed E-state index contributed by atoms with van der Waals surface area (Å²) < 4.78 is 5.01. The van der Waals surface area contributed by atoms with E-state index in [2.05, 4.69) is 25.5 Å². The van der Waals surface area contributed by atoms with Crippen molar-refractivity contribution < 1.29 is 4.74 Å². The Kier molecular flexibility index (Phi) is 3.79. The fraction of sp³-hybridized carbons (Fsp3) is 0.692. The van der Waals surface area contributed by atoms with E-state index in [0.717, 1.165) is 37.9 Å². The zero-order valence-corrected chi connectivity index (χ0v) is 11.3. The molecule has 0 aromatic carbocycles. The summed E-state index contributed by atoms with van der Waals surface area (Å²) in [6.07, 6.45) is 3.10. The second-order valence-corrected chi connectivity index (χ2v) is 5.17. The van der Waals surface area contributed by atoms with Crippen LogP contribution in [0.2, 0.25) is 0 Å². The van der Waals surface area contributed by atoms with Gasteiger partial charge in [0.25, 0.3) is 0 Å². The Balaban J connectivity index is 1.63. The molecular weight excluding hydrogens is 242 g/mol. The molecule has 0 aliphatic carbocycles. The molecular formula is C13H21N5O. The van der Waals surface area contributed by atoms with Crippen LogP contribution < -0.4 is 15.5 Å². The van der Waals surface area contributed by atoms with Gasteiger partial charge < -0.3 is 20.3 Å². The van der Waals surface area contributed by atoms with E-state index in [1.54, 1.807) is 7.11 Å². The molecule has 0 saturated carbocycles. The van der Waals surface area contributed by atoms with E-state index >= 15 is 0 Å². The molecule has 0 spiro atoms. The van der Waals surface area contributed by atoms with Crippen molar-refractivity contribution in [3.05, 3.63) is 12.3 Å². The molecule has 19 heavy (non-hydrogen) atoms. The van der Waals surface area contributed by atoms with Crippen molar-refractivity contribution in [2.45, 2.75) is 12.5 Å². The number of nitrogens with zero attached hydrogens (tertiary/aromatic N) is 3. The van der Waals surface area contributed by atoms with Crippen LogP contribution in [0, 0.1) is 5.92 Å². The summed E-state index contributed by atoms with van der Waals surface area (Å²) in [5.41, 5.74) is 0. The van der Waals surface area contributed by atoms with Gasteiger partial charge in [-0.05, 0) is 24.9 Å². The highest BCUT2D eigenvalue weighted by Gasteiger charge is 2.36. The van der Waals surface area contributed by atoms with Crippen molar-refractivity contribution >= 4 is 11.8 Å². The average molecular weight is 263 g/mol. The Bertz CT molecular complexity index is 415. The quantitative estimate of drug-likeness (QED) is 0.747. The normalized spacial score (nSPS) is 25.6. The number of ether oxygens (including phenoxy) is 1. The van der Waals surface area contributed by atoms with Crippen LogP contribution in [0.15, 0.2) is 12.3 Å². The third-order valence-electron chi connectivity index (χ3n) is 3.92. The van der Waals surface area contributed by atoms with E-state index in [1.165, 1.54) is 6.42 Å². The molecule has 2 N–H and O–H groups in total. The Hall–Kier alpha value is -1.40. The summed E-state index contributed by atoms with van der Waals surface area (Å²) >= 11 is 0. The van der Waals surface area contributed by atoms with Crippen LogP contribution in [0.25, 0.3) is 0 Å². The molecule has 0 amide bonds. The monoisotopic (exact) mass is 263 g/mol. The van der Waals surface area contributed by atoms with Crippen LogP contribution in [0.5, 0.6) is 0 Å². The summed E-state index contributed by atoms with van der Waals surface area (Å²) in [7, 11) is 1.69. The fourth-order valence-corrected chi connectivity index (χ4v) is 2.91. The van der Waals surface area contributed by atoms with Gasteiger partial charge in [-0.15, -0.1) is 0 Å². The number of hydrogen-bond donors (Lipinski definition) is 2. The lowest BCUT2D eigenvalue weighted by atomic mass is 10.1. The molecule has 6 heteroatoms. The largest absolute Gasteiger partial charge is 0.383 e. The zero-order valence-electron chi connectivity index (χ0n) is 11.3. The third kappa shape index (κ3) is 2.79. The molecule has 2 fully saturated rings. The topological polar surface area (TPSA) is 62.3 Å². The molecule has 2 aliphatic rings. The molecule has 2 aliphatic heterocycles. The summed E-state index contributed by atoms with van der Waals surface area (Å²) in [4.78, 5) is 11.2. The summed E-state index contributed by atoms with van der Waals surface area (Å²) in [5.74, 6) is 2.48. The number of fused-ring (bicyclic) bond motifs is 1. The highest BCUT2D eigenvalue weighted by molar-refractivity contribution is 5.44. The van der Waals surface area contributed by atoms with Crippen LogP contribution in [0.4, 0.5) is 11.8 Å². The number of methoxy groups -OCH3 is 1. The Morgan fingerprint density at radius 1 is 1.53 bits per heavy atom. The van der Waals surface area contributed by atoms with Crippen LogP contribution in [-0.4, -0.2) is 55.9 Å². The number of hydrogen-bond acceptors (Lipinski definition) is 6. The van der Waals surface area contributed by atoms with Crippen LogP contribution >= 0.6 is 0 Å². The van der Waals surface area contributed by atoms with Crippen molar-refractivity contribution in [1.82, 2.24) is 15.3 Å². The van der Waals surface area contributed by atoms with Gasteiger partial charge in [0, 0.05) is 39.0 Å². The maximum Gasteiger partial charge on any atom is 0.224 e. The number of nitrogens with one attached hydrogen (secondary N) is 2. The summed E-state index contributed by atoms with van der Waals surface area (Å²) in [6.45, 7) is 4.71. The van der Waals surface area contributed by atoms with E-state index in [9.17, 15) is 0 Å². The second kappa shape index (κ2) is 5.71. The fourth-order valence-electron chi connectivity index (χ4n) is 2.91. The Labute approximate surface area is 113 Å². The van der Waals surface area contributed by atoms with Crippen molar-refractivity contribution in [3.63, 3.8) is 0 Å². The smallest absolute Gasteiger partial charge is 0.224 e. The number of anilines is 2.